The minimum Gasteiger partial charge on any atom is -0.481 e. The van der Waals surface area contributed by atoms with Gasteiger partial charge in [0.2, 0.25) is 0 Å². The first-order valence-electron chi connectivity index (χ1n) is 29.6. The normalized spacial score (nSPS) is 37.9. The zero-order chi connectivity index (χ0) is 54.5. The molecule has 0 saturated heterocycles. The highest BCUT2D eigenvalue weighted by molar-refractivity contribution is 5.93. The molecule has 16 atom stereocenters. The van der Waals surface area contributed by atoms with Gasteiger partial charge in [0.25, 0.3) is 0 Å². The van der Waals surface area contributed by atoms with Crippen LogP contribution in [0.4, 0.5) is 10.5 Å². The third-order valence-electron chi connectivity index (χ3n) is 21.8. The molecular formula is C64H92N2O10. The lowest BCUT2D eigenvalue weighted by Gasteiger charge is -2.64. The molecule has 12 heteroatoms. The molecule has 1 amide bonds. The molecule has 12 nitrogen and oxygen atoms in total. The van der Waals surface area contributed by atoms with Gasteiger partial charge in [-0.15, -0.1) is 5.92 Å². The highest BCUT2D eigenvalue weighted by Crippen LogP contribution is 2.70. The largest absolute Gasteiger partial charge is 0.481 e. The van der Waals surface area contributed by atoms with Crippen molar-refractivity contribution in [3.05, 3.63) is 52.6 Å². The summed E-state index contributed by atoms with van der Waals surface area (Å²) in [7, 11) is 2.13. The van der Waals surface area contributed by atoms with Crippen LogP contribution in [0.1, 0.15) is 189 Å². The molecule has 1 aromatic carbocycles. The van der Waals surface area contributed by atoms with Crippen molar-refractivity contribution < 1.29 is 48.7 Å². The maximum atomic E-state index is 13.9. The lowest BCUT2D eigenvalue weighted by Crippen LogP contribution is -2.63. The number of allylic oxidation sites excluding steroid dienone is 4. The number of rotatable bonds is 16. The third-order valence-corrected chi connectivity index (χ3v) is 21.8. The number of esters is 1. The smallest absolute Gasteiger partial charge is 0.407 e. The number of fused-ring (bicyclic) bond motifs is 9. The average Bonchev–Trinajstić information content (AvgIpc) is 3.96. The standard InChI is InChI=1S/C64H92N2O10/c1-10-28-64(73)30-27-50-47-21-17-41-34-44(67)20-22-46(41)57(47)48(38-62(50,64)7)40-15-18-43(19-16-40)66(9)32-33-74-45-26-29-61(6)42(35-45)36-53(75-56(71)13-11-12-31-65-59(72)76-60(3,4)5)58-51-24-23-49(39(2)14-25-55(69)70)63(51,8)54(68)37-52(58)61/h15-16,18-19,34,39,42,45,47-54,58,68,73H,11-14,17,20-27,29-33,35-38H2,1-9H3,(H,65,72)(H,69,70)/t39-,42+,45+,47?,48+,49-,50?,51+,52+,53-,54+,58+,61+,62+,63-,64-/m1/s1. The monoisotopic (exact) mass is 1050 g/mol. The van der Waals surface area contributed by atoms with E-state index in [2.05, 4.69) is 81.1 Å². The molecule has 2 unspecified atom stereocenters. The van der Waals surface area contributed by atoms with E-state index in [1.807, 2.05) is 33.8 Å². The van der Waals surface area contributed by atoms with Crippen LogP contribution in [0.15, 0.2) is 47.1 Å². The van der Waals surface area contributed by atoms with Crippen LogP contribution >= 0.6 is 0 Å². The van der Waals surface area contributed by atoms with Crippen LogP contribution in [0, 0.1) is 75.4 Å². The fourth-order valence-electron chi connectivity index (χ4n) is 17.9. The van der Waals surface area contributed by atoms with Crippen LogP contribution in [0.3, 0.4) is 0 Å². The van der Waals surface area contributed by atoms with Crippen molar-refractivity contribution in [2.45, 2.75) is 213 Å². The molecule has 418 valence electrons. The SMILES string of the molecule is CC#C[C@@]1(O)CCC2C3CCC4=CC(=O)CCC4=C3[C@H](c3ccc(N(C)CCO[C@H]4CC[C@@]5(C)[C@@H](C4)C[C@@H](OC(=O)CCCCNC(=O)OC(C)(C)C)[C@@H]4[C@@H]5C[C@H](O)[C@]5(C)[C@@H]([C@H](C)CCC(=O)O)CC[C@@H]45)cc3)C[C@@]21C. The molecule has 0 bridgehead atoms. The summed E-state index contributed by atoms with van der Waals surface area (Å²) in [6.07, 6.45) is 14.8. The number of unbranched alkanes of at least 4 members (excludes halogenated alkanes) is 1. The number of nitrogens with zero attached hydrogens (tertiary/aromatic N) is 1. The second kappa shape index (κ2) is 22.2. The number of aliphatic carboxylic acids is 1. The van der Waals surface area contributed by atoms with E-state index in [1.165, 1.54) is 22.3 Å². The molecule has 0 spiro atoms. The van der Waals surface area contributed by atoms with Crippen LogP contribution in [0.5, 0.6) is 0 Å². The number of amides is 1. The van der Waals surface area contributed by atoms with Crippen molar-refractivity contribution in [3.63, 3.8) is 0 Å². The number of benzene rings is 1. The number of aliphatic hydroxyl groups is 2. The van der Waals surface area contributed by atoms with E-state index in [1.54, 1.807) is 0 Å². The van der Waals surface area contributed by atoms with Gasteiger partial charge in [-0.05, 0) is 218 Å². The molecule has 0 radical (unpaired) electrons. The molecule has 9 rings (SSSR count). The number of hydrogen-bond donors (Lipinski definition) is 4. The summed E-state index contributed by atoms with van der Waals surface area (Å²) in [4.78, 5) is 52.6. The molecule has 8 aliphatic rings. The molecule has 6 fully saturated rings. The second-order valence-electron chi connectivity index (χ2n) is 26.9. The van der Waals surface area contributed by atoms with Crippen LogP contribution in [-0.2, 0) is 28.6 Å². The van der Waals surface area contributed by atoms with E-state index in [9.17, 15) is 34.5 Å². The summed E-state index contributed by atoms with van der Waals surface area (Å²) in [5.74, 6) is 7.55. The van der Waals surface area contributed by atoms with E-state index in [-0.39, 0.29) is 89.1 Å². The van der Waals surface area contributed by atoms with Gasteiger partial charge in [-0.3, -0.25) is 14.4 Å². The van der Waals surface area contributed by atoms with Gasteiger partial charge >= 0.3 is 18.0 Å². The van der Waals surface area contributed by atoms with Crippen LogP contribution in [0.25, 0.3) is 0 Å². The summed E-state index contributed by atoms with van der Waals surface area (Å²) in [5.41, 5.74) is 4.18. The number of nitrogens with one attached hydrogen (secondary N) is 1. The predicted molar refractivity (Wildman–Crippen MR) is 294 cm³/mol. The van der Waals surface area contributed by atoms with Crippen molar-refractivity contribution in [3.8, 4) is 11.8 Å². The summed E-state index contributed by atoms with van der Waals surface area (Å²) in [5, 5.41) is 36.9. The Morgan fingerprint density at radius 2 is 1.68 bits per heavy atom. The van der Waals surface area contributed by atoms with Gasteiger partial charge in [0.15, 0.2) is 5.78 Å². The molecule has 0 heterocycles. The number of anilines is 1. The average molecular weight is 1050 g/mol. The number of hydrogen-bond acceptors (Lipinski definition) is 10. The Bertz CT molecular complexity index is 2470. The molecule has 76 heavy (non-hydrogen) atoms. The Kier molecular flexibility index (Phi) is 16.5. The molecule has 1 aromatic rings. The number of carboxylic acid groups (broad SMARTS) is 1. The van der Waals surface area contributed by atoms with E-state index in [0.29, 0.717) is 63.5 Å². The van der Waals surface area contributed by atoms with Crippen molar-refractivity contribution in [1.82, 2.24) is 5.32 Å². The van der Waals surface area contributed by atoms with Gasteiger partial charge in [-0.2, -0.15) is 0 Å². The van der Waals surface area contributed by atoms with Crippen molar-refractivity contribution in [2.24, 2.45) is 63.6 Å². The van der Waals surface area contributed by atoms with E-state index in [0.717, 1.165) is 82.9 Å². The quantitative estimate of drug-likeness (QED) is 0.0705. The lowest BCUT2D eigenvalue weighted by molar-refractivity contribution is -0.219. The Morgan fingerprint density at radius 1 is 0.921 bits per heavy atom. The number of alkyl carbamates (subject to hydrolysis) is 1. The van der Waals surface area contributed by atoms with E-state index >= 15 is 0 Å². The lowest BCUT2D eigenvalue weighted by atomic mass is 9.43. The fourth-order valence-corrected chi connectivity index (χ4v) is 17.9. The molecule has 8 aliphatic carbocycles. The molecule has 0 aromatic heterocycles. The van der Waals surface area contributed by atoms with Gasteiger partial charge in [0.1, 0.15) is 17.3 Å². The number of carboxylic acids is 1. The summed E-state index contributed by atoms with van der Waals surface area (Å²) >= 11 is 0. The van der Waals surface area contributed by atoms with Gasteiger partial charge in [-0.1, -0.05) is 51.3 Å². The molecular weight excluding hydrogens is 957 g/mol. The summed E-state index contributed by atoms with van der Waals surface area (Å²) in [6.45, 7) is 18.2. The first kappa shape index (κ1) is 56.5. The Hall–Kier alpha value is -4.18. The minimum atomic E-state index is -1.01. The second-order valence-corrected chi connectivity index (χ2v) is 26.9. The van der Waals surface area contributed by atoms with Gasteiger partial charge < -0.3 is 39.7 Å². The first-order chi connectivity index (χ1) is 36.0. The molecule has 0 aliphatic heterocycles. The van der Waals surface area contributed by atoms with Crippen LogP contribution in [0.2, 0.25) is 0 Å². The third kappa shape index (κ3) is 10.8. The number of ketones is 1. The summed E-state index contributed by atoms with van der Waals surface area (Å²) in [6, 6.07) is 9.05. The minimum absolute atomic E-state index is 0.0498. The van der Waals surface area contributed by atoms with Crippen molar-refractivity contribution >= 4 is 29.5 Å². The molecule has 6 saturated carbocycles. The van der Waals surface area contributed by atoms with Crippen LogP contribution in [-0.4, -0.2) is 95.4 Å². The van der Waals surface area contributed by atoms with E-state index in [4.69, 9.17) is 14.2 Å². The number of carbonyl (C=O) groups excluding carboxylic acids is 3. The van der Waals surface area contributed by atoms with Crippen LogP contribution < -0.4 is 10.2 Å². The number of carbonyl (C=O) groups is 4. The van der Waals surface area contributed by atoms with E-state index < -0.39 is 34.8 Å². The van der Waals surface area contributed by atoms with Crippen molar-refractivity contribution in [2.75, 3.05) is 31.6 Å². The highest BCUT2D eigenvalue weighted by Gasteiger charge is 2.67. The zero-order valence-corrected chi connectivity index (χ0v) is 47.5. The number of ether oxygens (including phenoxy) is 3. The fraction of sp³-hybridized carbons (Fsp3) is 0.750. The Balaban J connectivity index is 0.861. The maximum Gasteiger partial charge on any atom is 0.407 e. The number of aliphatic hydroxyl groups excluding tert-OH is 1. The van der Waals surface area contributed by atoms with Gasteiger partial charge in [-0.25, -0.2) is 4.79 Å². The first-order valence-corrected chi connectivity index (χ1v) is 29.6. The Labute approximate surface area is 454 Å². The number of likely N-dealkylation sites (N-methyl/N-ethyl adjacent to an activating group) is 1. The predicted octanol–water partition coefficient (Wildman–Crippen LogP) is 11.5. The van der Waals surface area contributed by atoms with Gasteiger partial charge in [0.05, 0.1) is 18.8 Å². The molecule has 4 N–H and O–H groups in total. The maximum absolute atomic E-state index is 13.9. The van der Waals surface area contributed by atoms with Gasteiger partial charge in [0, 0.05) is 62.3 Å². The van der Waals surface area contributed by atoms with Crippen molar-refractivity contribution in [1.29, 1.82) is 0 Å². The summed E-state index contributed by atoms with van der Waals surface area (Å²) < 4.78 is 18.8. The topological polar surface area (TPSA) is 172 Å². The highest BCUT2D eigenvalue weighted by atomic mass is 16.6. The Morgan fingerprint density at radius 3 is 2.41 bits per heavy atom. The zero-order valence-electron chi connectivity index (χ0n) is 47.5.